The lowest BCUT2D eigenvalue weighted by molar-refractivity contribution is 0.0945. The number of thiazole rings is 1. The summed E-state index contributed by atoms with van der Waals surface area (Å²) in [6.07, 6.45) is 0. The van der Waals surface area contributed by atoms with Crippen LogP contribution in [0.4, 0.5) is 0 Å². The Morgan fingerprint density at radius 2 is 2.00 bits per heavy atom. The average Bonchev–Trinajstić information content (AvgIpc) is 3.18. The first-order valence-electron chi connectivity index (χ1n) is 8.89. The zero-order valence-corrected chi connectivity index (χ0v) is 16.7. The maximum atomic E-state index is 12.6. The molecule has 0 unspecified atom stereocenters. The molecule has 1 heterocycles. The highest BCUT2D eigenvalue weighted by Gasteiger charge is 2.22. The molecule has 2 aromatic carbocycles. The Hall–Kier alpha value is -2.66. The summed E-state index contributed by atoms with van der Waals surface area (Å²) in [5.41, 5.74) is 5.53. The molecule has 1 amide bonds. The summed E-state index contributed by atoms with van der Waals surface area (Å²) in [6.45, 7) is 7.30. The number of nitrogens with zero attached hydrogens (tertiary/aromatic N) is 1. The second-order valence-corrected chi connectivity index (χ2v) is 7.95. The number of aromatic nitrogens is 1. The van der Waals surface area contributed by atoms with Gasteiger partial charge in [0.1, 0.15) is 12.4 Å². The van der Waals surface area contributed by atoms with E-state index in [9.17, 15) is 4.79 Å². The number of ether oxygens (including phenoxy) is 1. The first-order chi connectivity index (χ1) is 12.9. The lowest BCUT2D eigenvalue weighted by Gasteiger charge is -2.26. The van der Waals surface area contributed by atoms with E-state index >= 15 is 0 Å². The van der Waals surface area contributed by atoms with Gasteiger partial charge in [0, 0.05) is 22.9 Å². The van der Waals surface area contributed by atoms with Crippen LogP contribution in [0.2, 0.25) is 0 Å². The van der Waals surface area contributed by atoms with Crippen LogP contribution in [0.3, 0.4) is 0 Å². The molecule has 140 valence electrons. The Morgan fingerprint density at radius 1 is 1.19 bits per heavy atom. The highest BCUT2D eigenvalue weighted by Crippen LogP contribution is 2.23. The molecule has 0 bridgehead atoms. The third-order valence-electron chi connectivity index (χ3n) is 4.46. The van der Waals surface area contributed by atoms with Crippen molar-refractivity contribution in [3.05, 3.63) is 81.8 Å². The molecule has 27 heavy (non-hydrogen) atoms. The fourth-order valence-electron chi connectivity index (χ4n) is 2.76. The van der Waals surface area contributed by atoms with E-state index < -0.39 is 0 Å². The van der Waals surface area contributed by atoms with E-state index in [0.29, 0.717) is 24.5 Å². The Balaban J connectivity index is 1.61. The monoisotopic (exact) mass is 380 g/mol. The second kappa shape index (κ2) is 8.35. The van der Waals surface area contributed by atoms with Crippen molar-refractivity contribution in [2.45, 2.75) is 32.8 Å². The first kappa shape index (κ1) is 19.1. The van der Waals surface area contributed by atoms with Gasteiger partial charge in [0.05, 0.1) is 11.2 Å². The third kappa shape index (κ3) is 5.17. The molecule has 0 saturated carbocycles. The maximum absolute atomic E-state index is 12.6. The van der Waals surface area contributed by atoms with E-state index in [4.69, 9.17) is 4.74 Å². The summed E-state index contributed by atoms with van der Waals surface area (Å²) >= 11 is 1.54. The molecular formula is C22H24N2O2S. The van der Waals surface area contributed by atoms with Crippen molar-refractivity contribution >= 4 is 17.2 Å². The van der Waals surface area contributed by atoms with Gasteiger partial charge in [-0.2, -0.15) is 0 Å². The predicted octanol–water partition coefficient (Wildman–Crippen LogP) is 4.74. The van der Waals surface area contributed by atoms with Crippen LogP contribution in [0, 0.1) is 6.92 Å². The van der Waals surface area contributed by atoms with Crippen LogP contribution in [0.5, 0.6) is 5.75 Å². The van der Waals surface area contributed by atoms with Gasteiger partial charge in [-0.1, -0.05) is 49.7 Å². The summed E-state index contributed by atoms with van der Waals surface area (Å²) < 4.78 is 5.73. The summed E-state index contributed by atoms with van der Waals surface area (Å²) in [7, 11) is 0. The molecule has 1 N–H and O–H groups in total. The van der Waals surface area contributed by atoms with Crippen molar-refractivity contribution in [3.63, 3.8) is 0 Å². The molecule has 3 rings (SSSR count). The molecule has 0 aliphatic carbocycles. The van der Waals surface area contributed by atoms with Crippen molar-refractivity contribution in [2.75, 3.05) is 6.54 Å². The standard InChI is InChI=1S/C22H24N2O2S/c1-16-6-4-8-18(10-16)22(2,3)14-23-21(25)17-7-5-9-20(11-17)26-12-19-13-27-15-24-19/h4-11,13,15H,12,14H2,1-3H3,(H,23,25). The minimum Gasteiger partial charge on any atom is -0.487 e. The zero-order valence-electron chi connectivity index (χ0n) is 15.9. The number of amides is 1. The highest BCUT2D eigenvalue weighted by molar-refractivity contribution is 7.07. The van der Waals surface area contributed by atoms with Crippen LogP contribution < -0.4 is 10.1 Å². The highest BCUT2D eigenvalue weighted by atomic mass is 32.1. The molecule has 0 aliphatic heterocycles. The second-order valence-electron chi connectivity index (χ2n) is 7.23. The Morgan fingerprint density at radius 3 is 2.74 bits per heavy atom. The van der Waals surface area contributed by atoms with E-state index in [2.05, 4.69) is 55.3 Å². The number of benzene rings is 2. The van der Waals surface area contributed by atoms with E-state index in [1.54, 1.807) is 17.6 Å². The molecule has 3 aromatic rings. The van der Waals surface area contributed by atoms with Gasteiger partial charge in [0.15, 0.2) is 0 Å². The molecule has 0 spiro atoms. The smallest absolute Gasteiger partial charge is 0.251 e. The summed E-state index contributed by atoms with van der Waals surface area (Å²) in [4.78, 5) is 16.8. The summed E-state index contributed by atoms with van der Waals surface area (Å²) in [5.74, 6) is 0.559. The summed E-state index contributed by atoms with van der Waals surface area (Å²) in [5, 5.41) is 5.00. The van der Waals surface area contributed by atoms with Gasteiger partial charge in [-0.25, -0.2) is 4.98 Å². The predicted molar refractivity (Wildman–Crippen MR) is 109 cm³/mol. The van der Waals surface area contributed by atoms with Gasteiger partial charge in [0.2, 0.25) is 0 Å². The molecule has 0 aliphatic rings. The molecular weight excluding hydrogens is 356 g/mol. The number of hydrogen-bond donors (Lipinski definition) is 1. The van der Waals surface area contributed by atoms with Crippen molar-refractivity contribution < 1.29 is 9.53 Å². The number of carbonyl (C=O) groups excluding carboxylic acids is 1. The van der Waals surface area contributed by atoms with Crippen molar-refractivity contribution in [2.24, 2.45) is 0 Å². The fraction of sp³-hybridized carbons (Fsp3) is 0.273. The minimum absolute atomic E-state index is 0.102. The number of rotatable bonds is 7. The van der Waals surface area contributed by atoms with Crippen LogP contribution >= 0.6 is 11.3 Å². The fourth-order valence-corrected chi connectivity index (χ4v) is 3.31. The summed E-state index contributed by atoms with van der Waals surface area (Å²) in [6, 6.07) is 15.6. The quantitative estimate of drug-likeness (QED) is 0.644. The number of carbonyl (C=O) groups is 1. The van der Waals surface area contributed by atoms with Crippen LogP contribution in [-0.2, 0) is 12.0 Å². The Labute approximate surface area is 164 Å². The van der Waals surface area contributed by atoms with E-state index in [0.717, 1.165) is 5.69 Å². The SMILES string of the molecule is Cc1cccc(C(C)(C)CNC(=O)c2cccc(OCc3cscn3)c2)c1. The Bertz CT molecular complexity index is 904. The van der Waals surface area contributed by atoms with E-state index in [1.807, 2.05) is 17.5 Å². The Kier molecular flexibility index (Phi) is 5.91. The molecule has 4 nitrogen and oxygen atoms in total. The normalized spacial score (nSPS) is 11.2. The van der Waals surface area contributed by atoms with Crippen LogP contribution in [0.1, 0.15) is 41.0 Å². The van der Waals surface area contributed by atoms with E-state index in [-0.39, 0.29) is 11.3 Å². The van der Waals surface area contributed by atoms with Crippen molar-refractivity contribution in [3.8, 4) is 5.75 Å². The largest absolute Gasteiger partial charge is 0.487 e. The molecule has 0 atom stereocenters. The van der Waals surface area contributed by atoms with E-state index in [1.165, 1.54) is 22.5 Å². The van der Waals surface area contributed by atoms with Gasteiger partial charge >= 0.3 is 0 Å². The topological polar surface area (TPSA) is 51.2 Å². The molecule has 0 radical (unpaired) electrons. The first-order valence-corrected chi connectivity index (χ1v) is 9.84. The number of nitrogens with one attached hydrogen (secondary N) is 1. The van der Waals surface area contributed by atoms with Crippen molar-refractivity contribution in [1.82, 2.24) is 10.3 Å². The minimum atomic E-state index is -0.152. The number of aryl methyl sites for hydroxylation is 1. The lowest BCUT2D eigenvalue weighted by atomic mass is 9.84. The van der Waals surface area contributed by atoms with Gasteiger partial charge in [-0.15, -0.1) is 11.3 Å². The molecule has 5 heteroatoms. The molecule has 1 aromatic heterocycles. The lowest BCUT2D eigenvalue weighted by Crippen LogP contribution is -2.36. The van der Waals surface area contributed by atoms with Crippen LogP contribution in [-0.4, -0.2) is 17.4 Å². The number of hydrogen-bond acceptors (Lipinski definition) is 4. The average molecular weight is 381 g/mol. The van der Waals surface area contributed by atoms with Crippen molar-refractivity contribution in [1.29, 1.82) is 0 Å². The van der Waals surface area contributed by atoms with Gasteiger partial charge in [-0.3, -0.25) is 4.79 Å². The maximum Gasteiger partial charge on any atom is 0.251 e. The van der Waals surface area contributed by atoms with Gasteiger partial charge in [-0.05, 0) is 30.7 Å². The molecule has 0 fully saturated rings. The van der Waals surface area contributed by atoms with Gasteiger partial charge in [0.25, 0.3) is 5.91 Å². The third-order valence-corrected chi connectivity index (χ3v) is 5.09. The molecule has 0 saturated heterocycles. The zero-order chi connectivity index (χ0) is 19.3. The van der Waals surface area contributed by atoms with Crippen LogP contribution in [0.25, 0.3) is 0 Å². The van der Waals surface area contributed by atoms with Gasteiger partial charge < -0.3 is 10.1 Å². The van der Waals surface area contributed by atoms with Crippen LogP contribution in [0.15, 0.2) is 59.4 Å².